The molecule has 0 unspecified atom stereocenters. The lowest BCUT2D eigenvalue weighted by Crippen LogP contribution is -2.32. The molecule has 1 saturated carbocycles. The number of esters is 1. The Bertz CT molecular complexity index is 602. The van der Waals surface area contributed by atoms with E-state index in [0.29, 0.717) is 29.0 Å². The van der Waals surface area contributed by atoms with Crippen molar-refractivity contribution in [3.63, 3.8) is 0 Å². The molecule has 0 radical (unpaired) electrons. The fourth-order valence-electron chi connectivity index (χ4n) is 1.76. The fourth-order valence-corrected chi connectivity index (χ4v) is 1.93. The number of hydrogen-bond donors (Lipinski definition) is 3. The molecule has 0 atom stereocenters. The first-order valence-electron chi connectivity index (χ1n) is 7.28. The lowest BCUT2D eigenvalue weighted by molar-refractivity contribution is -0.139. The van der Waals surface area contributed by atoms with Crippen molar-refractivity contribution in [1.82, 2.24) is 5.43 Å². The molecule has 2 rings (SSSR count). The van der Waals surface area contributed by atoms with Gasteiger partial charge in [0.05, 0.1) is 18.2 Å². The van der Waals surface area contributed by atoms with E-state index >= 15 is 0 Å². The van der Waals surface area contributed by atoms with Gasteiger partial charge in [0.25, 0.3) is 0 Å². The molecule has 126 valence electrons. The standard InChI is InChI=1S/C15H20ClN3O4/c1-2-21-15(20)13(19-18)14(17)23-10-5-6-11(16)12(7-10)22-8-9-3-4-9/h5-7,9,19H,2-4,8,17-18H2,1H3/b14-13+. The Kier molecular flexibility index (Phi) is 5.95. The summed E-state index contributed by atoms with van der Waals surface area (Å²) in [5.41, 5.74) is 7.77. The maximum Gasteiger partial charge on any atom is 0.361 e. The lowest BCUT2D eigenvalue weighted by atomic mass is 10.3. The maximum absolute atomic E-state index is 11.7. The highest BCUT2D eigenvalue weighted by atomic mass is 35.5. The van der Waals surface area contributed by atoms with E-state index in [1.807, 2.05) is 0 Å². The van der Waals surface area contributed by atoms with Crippen LogP contribution in [0.5, 0.6) is 11.5 Å². The molecule has 0 saturated heterocycles. The minimum atomic E-state index is -0.702. The van der Waals surface area contributed by atoms with Crippen molar-refractivity contribution < 1.29 is 19.0 Å². The van der Waals surface area contributed by atoms with Crippen molar-refractivity contribution in [2.24, 2.45) is 17.5 Å². The van der Waals surface area contributed by atoms with Gasteiger partial charge in [0.15, 0.2) is 5.70 Å². The van der Waals surface area contributed by atoms with Gasteiger partial charge in [-0.2, -0.15) is 0 Å². The average Bonchev–Trinajstić information content (AvgIpc) is 3.33. The molecule has 0 bridgehead atoms. The first-order chi connectivity index (χ1) is 11.0. The number of halogens is 1. The SMILES string of the molecule is CCOC(=O)/C(NN)=C(/N)Oc1ccc(Cl)c(OCC2CC2)c1. The number of carbonyl (C=O) groups excluding carboxylic acids is 1. The number of nitrogens with two attached hydrogens (primary N) is 2. The Hall–Kier alpha value is -2.12. The number of hydrazine groups is 1. The minimum absolute atomic E-state index is 0.165. The second-order valence-electron chi connectivity index (χ2n) is 5.05. The highest BCUT2D eigenvalue weighted by Crippen LogP contribution is 2.33. The van der Waals surface area contributed by atoms with Crippen LogP contribution in [-0.4, -0.2) is 19.2 Å². The van der Waals surface area contributed by atoms with Crippen LogP contribution >= 0.6 is 11.6 Å². The molecule has 7 nitrogen and oxygen atoms in total. The molecule has 0 amide bonds. The lowest BCUT2D eigenvalue weighted by Gasteiger charge is -2.13. The predicted molar refractivity (Wildman–Crippen MR) is 85.5 cm³/mol. The van der Waals surface area contributed by atoms with E-state index in [9.17, 15) is 4.79 Å². The zero-order valence-electron chi connectivity index (χ0n) is 12.8. The summed E-state index contributed by atoms with van der Waals surface area (Å²) in [5, 5.41) is 0.475. The molecular weight excluding hydrogens is 322 g/mol. The number of hydrogen-bond acceptors (Lipinski definition) is 7. The molecule has 8 heteroatoms. The third-order valence-corrected chi connectivity index (χ3v) is 3.48. The monoisotopic (exact) mass is 341 g/mol. The molecule has 0 aliphatic heterocycles. The summed E-state index contributed by atoms with van der Waals surface area (Å²) in [4.78, 5) is 11.7. The summed E-state index contributed by atoms with van der Waals surface area (Å²) in [6.07, 6.45) is 2.35. The van der Waals surface area contributed by atoms with Gasteiger partial charge in [0, 0.05) is 6.07 Å². The van der Waals surface area contributed by atoms with E-state index in [1.54, 1.807) is 25.1 Å². The van der Waals surface area contributed by atoms with Crippen molar-refractivity contribution in [2.45, 2.75) is 19.8 Å². The van der Waals surface area contributed by atoms with Crippen LogP contribution in [0.3, 0.4) is 0 Å². The van der Waals surface area contributed by atoms with Crippen LogP contribution in [0.15, 0.2) is 29.8 Å². The summed E-state index contributed by atoms with van der Waals surface area (Å²) < 4.78 is 15.9. The molecular formula is C15H20ClN3O4. The highest BCUT2D eigenvalue weighted by molar-refractivity contribution is 6.32. The van der Waals surface area contributed by atoms with Gasteiger partial charge in [-0.05, 0) is 37.8 Å². The number of carbonyl (C=O) groups is 1. The quantitative estimate of drug-likeness (QED) is 0.217. The summed E-state index contributed by atoms with van der Waals surface area (Å²) in [6, 6.07) is 4.85. The summed E-state index contributed by atoms with van der Waals surface area (Å²) >= 11 is 6.09. The Balaban J connectivity index is 2.10. The van der Waals surface area contributed by atoms with E-state index < -0.39 is 5.97 Å². The summed E-state index contributed by atoms with van der Waals surface area (Å²) in [7, 11) is 0. The minimum Gasteiger partial charge on any atom is -0.492 e. The largest absolute Gasteiger partial charge is 0.492 e. The number of benzene rings is 1. The van der Waals surface area contributed by atoms with E-state index in [2.05, 4.69) is 5.43 Å². The van der Waals surface area contributed by atoms with Gasteiger partial charge in [-0.3, -0.25) is 5.84 Å². The van der Waals surface area contributed by atoms with Crippen molar-refractivity contribution in [1.29, 1.82) is 0 Å². The third-order valence-electron chi connectivity index (χ3n) is 3.17. The molecule has 1 aliphatic rings. The third kappa shape index (κ3) is 4.94. The van der Waals surface area contributed by atoms with Crippen LogP contribution in [-0.2, 0) is 9.53 Å². The van der Waals surface area contributed by atoms with Gasteiger partial charge in [-0.1, -0.05) is 11.6 Å². The van der Waals surface area contributed by atoms with Gasteiger partial charge in [-0.15, -0.1) is 0 Å². The molecule has 0 aromatic heterocycles. The summed E-state index contributed by atoms with van der Waals surface area (Å²) in [6.45, 7) is 2.48. The van der Waals surface area contributed by atoms with Gasteiger partial charge >= 0.3 is 5.97 Å². The topological polar surface area (TPSA) is 109 Å². The molecule has 5 N–H and O–H groups in total. The number of nitrogens with one attached hydrogen (secondary N) is 1. The second kappa shape index (κ2) is 7.94. The molecule has 0 heterocycles. The highest BCUT2D eigenvalue weighted by Gasteiger charge is 2.22. The van der Waals surface area contributed by atoms with Crippen molar-refractivity contribution in [3.8, 4) is 11.5 Å². The second-order valence-corrected chi connectivity index (χ2v) is 5.46. The normalized spacial score (nSPS) is 14.7. The zero-order valence-corrected chi connectivity index (χ0v) is 13.6. The van der Waals surface area contributed by atoms with E-state index in [1.165, 1.54) is 12.8 Å². The molecule has 1 aromatic rings. The average molecular weight is 342 g/mol. The molecule has 1 aliphatic carbocycles. The van der Waals surface area contributed by atoms with E-state index in [4.69, 9.17) is 37.4 Å². The van der Waals surface area contributed by atoms with Gasteiger partial charge in [0.2, 0.25) is 5.88 Å². The van der Waals surface area contributed by atoms with Crippen LogP contribution in [0.4, 0.5) is 0 Å². The van der Waals surface area contributed by atoms with Crippen molar-refractivity contribution in [2.75, 3.05) is 13.2 Å². The first kappa shape index (κ1) is 17.2. The van der Waals surface area contributed by atoms with Crippen LogP contribution in [0.1, 0.15) is 19.8 Å². The van der Waals surface area contributed by atoms with Crippen molar-refractivity contribution in [3.05, 3.63) is 34.8 Å². The Morgan fingerprint density at radius 2 is 2.17 bits per heavy atom. The maximum atomic E-state index is 11.7. The van der Waals surface area contributed by atoms with Crippen LogP contribution in [0, 0.1) is 5.92 Å². The zero-order chi connectivity index (χ0) is 16.8. The number of rotatable bonds is 8. The number of ether oxygens (including phenoxy) is 3. The fraction of sp³-hybridized carbons (Fsp3) is 0.400. The molecule has 23 heavy (non-hydrogen) atoms. The van der Waals surface area contributed by atoms with Gasteiger partial charge in [0.1, 0.15) is 11.5 Å². The smallest absolute Gasteiger partial charge is 0.361 e. The molecule has 1 aromatic carbocycles. The Morgan fingerprint density at radius 1 is 1.43 bits per heavy atom. The Labute approximate surface area is 139 Å². The molecule has 0 spiro atoms. The Morgan fingerprint density at radius 3 is 2.78 bits per heavy atom. The van der Waals surface area contributed by atoms with Crippen molar-refractivity contribution >= 4 is 17.6 Å². The van der Waals surface area contributed by atoms with Crippen LogP contribution in [0.2, 0.25) is 5.02 Å². The first-order valence-corrected chi connectivity index (χ1v) is 7.66. The molecule has 1 fully saturated rings. The van der Waals surface area contributed by atoms with Crippen LogP contribution < -0.4 is 26.5 Å². The van der Waals surface area contributed by atoms with Crippen LogP contribution in [0.25, 0.3) is 0 Å². The van der Waals surface area contributed by atoms with E-state index in [-0.39, 0.29) is 18.2 Å². The summed E-state index contributed by atoms with van der Waals surface area (Å²) in [5.74, 6) is 5.84. The van der Waals surface area contributed by atoms with Gasteiger partial charge in [-0.25, -0.2) is 4.79 Å². The van der Waals surface area contributed by atoms with E-state index in [0.717, 1.165) is 0 Å². The predicted octanol–water partition coefficient (Wildman–Crippen LogP) is 1.66. The van der Waals surface area contributed by atoms with Gasteiger partial charge < -0.3 is 25.4 Å².